The molecule has 2 aromatic carbocycles. The lowest BCUT2D eigenvalue weighted by molar-refractivity contribution is 0.101. The van der Waals surface area contributed by atoms with Gasteiger partial charge in [-0.3, -0.25) is 18.7 Å². The molecule has 1 aliphatic heterocycles. The smallest absolute Gasteiger partial charge is 0.331 e. The van der Waals surface area contributed by atoms with Crippen LogP contribution in [-0.4, -0.2) is 58.7 Å². The molecule has 202 valence electrons. The molecule has 0 aliphatic carbocycles. The van der Waals surface area contributed by atoms with Crippen molar-refractivity contribution in [1.29, 1.82) is 0 Å². The van der Waals surface area contributed by atoms with Gasteiger partial charge in [0, 0.05) is 36.6 Å². The van der Waals surface area contributed by atoms with Gasteiger partial charge in [0.15, 0.2) is 5.78 Å². The van der Waals surface area contributed by atoms with Crippen LogP contribution in [0, 0.1) is 0 Å². The highest BCUT2D eigenvalue weighted by atomic mass is 16.5. The first kappa shape index (κ1) is 27.3. The molecule has 2 N–H and O–H groups in total. The summed E-state index contributed by atoms with van der Waals surface area (Å²) in [6.07, 6.45) is 3.53. The number of likely N-dealkylation sites (tertiary alicyclic amines) is 1. The van der Waals surface area contributed by atoms with E-state index in [0.29, 0.717) is 41.0 Å². The van der Waals surface area contributed by atoms with Crippen molar-refractivity contribution in [1.82, 2.24) is 14.0 Å². The van der Waals surface area contributed by atoms with Gasteiger partial charge in [0.2, 0.25) is 0 Å². The highest BCUT2D eigenvalue weighted by Gasteiger charge is 2.17. The van der Waals surface area contributed by atoms with Gasteiger partial charge in [-0.2, -0.15) is 0 Å². The van der Waals surface area contributed by atoms with Crippen LogP contribution in [0.4, 0.5) is 16.2 Å². The lowest BCUT2D eigenvalue weighted by atomic mass is 10.1. The molecule has 2 heterocycles. The molecule has 0 unspecified atom stereocenters. The molecule has 0 bridgehead atoms. The second-order valence-corrected chi connectivity index (χ2v) is 9.44. The van der Waals surface area contributed by atoms with Crippen LogP contribution < -0.4 is 21.9 Å². The minimum atomic E-state index is -0.514. The number of ketones is 1. The fourth-order valence-electron chi connectivity index (χ4n) is 4.75. The third-order valence-electron chi connectivity index (χ3n) is 6.76. The number of fused-ring (bicyclic) bond motifs is 1. The first-order valence-corrected chi connectivity index (χ1v) is 13.1. The molecule has 2 amide bonds. The number of hydrogen-bond acceptors (Lipinski definition) is 6. The SMILES string of the molecule is CCOCCn1c(=O)c2cc(NC(=O)Nc3cccc(C(C)=O)c3)ccc2n(CCN2CCCCC2)c1=O. The number of carbonyl (C=O) groups excluding carboxylic acids is 2. The van der Waals surface area contributed by atoms with Gasteiger partial charge in [0.1, 0.15) is 0 Å². The van der Waals surface area contributed by atoms with Gasteiger partial charge in [-0.05, 0) is 70.1 Å². The van der Waals surface area contributed by atoms with Gasteiger partial charge in [-0.15, -0.1) is 0 Å². The molecule has 1 saturated heterocycles. The Balaban J connectivity index is 1.61. The Labute approximate surface area is 221 Å². The molecule has 1 aliphatic rings. The Kier molecular flexibility index (Phi) is 9.09. The van der Waals surface area contributed by atoms with Crippen molar-refractivity contribution in [3.05, 3.63) is 68.9 Å². The largest absolute Gasteiger partial charge is 0.380 e. The van der Waals surface area contributed by atoms with E-state index in [9.17, 15) is 19.2 Å². The van der Waals surface area contributed by atoms with Gasteiger partial charge in [0.05, 0.1) is 24.1 Å². The molecule has 10 heteroatoms. The molecule has 0 atom stereocenters. The molecule has 3 aromatic rings. The Hall–Kier alpha value is -3.76. The summed E-state index contributed by atoms with van der Waals surface area (Å²) in [5.41, 5.74) is 1.13. The summed E-state index contributed by atoms with van der Waals surface area (Å²) in [6, 6.07) is 11.1. The van der Waals surface area contributed by atoms with E-state index in [1.807, 2.05) is 6.92 Å². The van der Waals surface area contributed by atoms with Crippen molar-refractivity contribution in [2.75, 3.05) is 43.5 Å². The van der Waals surface area contributed by atoms with Crippen LogP contribution in [0.25, 0.3) is 10.9 Å². The summed E-state index contributed by atoms with van der Waals surface area (Å²) in [5, 5.41) is 5.80. The van der Waals surface area contributed by atoms with Crippen LogP contribution in [-0.2, 0) is 17.8 Å². The molecular weight excluding hydrogens is 486 g/mol. The van der Waals surface area contributed by atoms with Crippen LogP contribution >= 0.6 is 0 Å². The summed E-state index contributed by atoms with van der Waals surface area (Å²) >= 11 is 0. The van der Waals surface area contributed by atoms with E-state index in [0.717, 1.165) is 32.5 Å². The standard InChI is InChI=1S/C28H35N5O5/c1-3-38-17-16-33-26(35)24-19-23(30-27(36)29-22-9-7-8-21(18-22)20(2)34)10-11-25(24)32(28(33)37)15-14-31-12-5-4-6-13-31/h7-11,18-19H,3-6,12-17H2,1-2H3,(H2,29,30,36). The minimum Gasteiger partial charge on any atom is -0.380 e. The zero-order chi connectivity index (χ0) is 27.1. The van der Waals surface area contributed by atoms with Crippen molar-refractivity contribution in [3.8, 4) is 0 Å². The normalized spacial score (nSPS) is 13.9. The average molecular weight is 522 g/mol. The van der Waals surface area contributed by atoms with Crippen molar-refractivity contribution < 1.29 is 14.3 Å². The number of nitrogens with one attached hydrogen (secondary N) is 2. The number of nitrogens with zero attached hydrogens (tertiary/aromatic N) is 3. The maximum Gasteiger partial charge on any atom is 0.331 e. The molecule has 1 aromatic heterocycles. The predicted octanol–water partition coefficient (Wildman–Crippen LogP) is 3.53. The summed E-state index contributed by atoms with van der Waals surface area (Å²) in [5.74, 6) is -0.101. The van der Waals surface area contributed by atoms with Gasteiger partial charge in [-0.1, -0.05) is 18.6 Å². The van der Waals surface area contributed by atoms with Crippen molar-refractivity contribution >= 4 is 34.1 Å². The van der Waals surface area contributed by atoms with Crippen LogP contribution in [0.5, 0.6) is 0 Å². The van der Waals surface area contributed by atoms with E-state index in [-0.39, 0.29) is 24.6 Å². The number of carbonyl (C=O) groups is 2. The molecule has 1 fully saturated rings. The van der Waals surface area contributed by atoms with E-state index in [1.54, 1.807) is 47.0 Å². The van der Waals surface area contributed by atoms with Crippen LogP contribution in [0.3, 0.4) is 0 Å². The minimum absolute atomic E-state index is 0.101. The second kappa shape index (κ2) is 12.7. The zero-order valence-electron chi connectivity index (χ0n) is 22.0. The highest BCUT2D eigenvalue weighted by Crippen LogP contribution is 2.18. The molecule has 0 spiro atoms. The summed E-state index contributed by atoms with van der Waals surface area (Å²) in [7, 11) is 0. The number of amides is 2. The van der Waals surface area contributed by atoms with E-state index in [1.165, 1.54) is 17.9 Å². The lowest BCUT2D eigenvalue weighted by Gasteiger charge is -2.27. The van der Waals surface area contributed by atoms with Crippen molar-refractivity contribution in [3.63, 3.8) is 0 Å². The second-order valence-electron chi connectivity index (χ2n) is 9.44. The van der Waals surface area contributed by atoms with E-state index < -0.39 is 11.6 Å². The Bertz CT molecular complexity index is 1420. The topological polar surface area (TPSA) is 115 Å². The first-order chi connectivity index (χ1) is 18.4. The van der Waals surface area contributed by atoms with E-state index in [2.05, 4.69) is 15.5 Å². The van der Waals surface area contributed by atoms with Crippen LogP contribution in [0.15, 0.2) is 52.1 Å². The lowest BCUT2D eigenvalue weighted by Crippen LogP contribution is -2.43. The summed E-state index contributed by atoms with van der Waals surface area (Å²) < 4.78 is 8.27. The van der Waals surface area contributed by atoms with Crippen LogP contribution in [0.1, 0.15) is 43.5 Å². The molecule has 38 heavy (non-hydrogen) atoms. The number of benzene rings is 2. The van der Waals surface area contributed by atoms with E-state index >= 15 is 0 Å². The highest BCUT2D eigenvalue weighted by molar-refractivity contribution is 6.02. The molecule has 0 radical (unpaired) electrons. The number of aromatic nitrogens is 2. The fraction of sp³-hybridized carbons (Fsp3) is 0.429. The number of urea groups is 1. The van der Waals surface area contributed by atoms with Gasteiger partial charge >= 0.3 is 11.7 Å². The number of piperidine rings is 1. The number of Topliss-reactive ketones (excluding diaryl/α,β-unsaturated/α-hetero) is 1. The Morgan fingerprint density at radius 3 is 2.34 bits per heavy atom. The Morgan fingerprint density at radius 1 is 0.895 bits per heavy atom. The zero-order valence-corrected chi connectivity index (χ0v) is 22.0. The van der Waals surface area contributed by atoms with Crippen LogP contribution in [0.2, 0.25) is 0 Å². The predicted molar refractivity (Wildman–Crippen MR) is 148 cm³/mol. The molecule has 4 rings (SSSR count). The van der Waals surface area contributed by atoms with Crippen molar-refractivity contribution in [2.24, 2.45) is 0 Å². The molecule has 10 nitrogen and oxygen atoms in total. The molecule has 0 saturated carbocycles. The maximum absolute atomic E-state index is 13.4. The Morgan fingerprint density at radius 2 is 1.63 bits per heavy atom. The summed E-state index contributed by atoms with van der Waals surface area (Å²) in [6.45, 7) is 7.42. The third kappa shape index (κ3) is 6.56. The van der Waals surface area contributed by atoms with Gasteiger partial charge in [-0.25, -0.2) is 9.59 Å². The summed E-state index contributed by atoms with van der Waals surface area (Å²) in [4.78, 5) is 53.4. The number of hydrogen-bond donors (Lipinski definition) is 2. The van der Waals surface area contributed by atoms with Crippen molar-refractivity contribution in [2.45, 2.75) is 46.2 Å². The number of rotatable bonds is 10. The quantitative estimate of drug-likeness (QED) is 0.312. The monoisotopic (exact) mass is 521 g/mol. The fourth-order valence-corrected chi connectivity index (χ4v) is 4.75. The third-order valence-corrected chi connectivity index (χ3v) is 6.76. The first-order valence-electron chi connectivity index (χ1n) is 13.1. The maximum atomic E-state index is 13.4. The van der Waals surface area contributed by atoms with Gasteiger partial charge < -0.3 is 20.3 Å². The van der Waals surface area contributed by atoms with E-state index in [4.69, 9.17) is 4.74 Å². The molecular formula is C28H35N5O5. The number of anilines is 2. The average Bonchev–Trinajstić information content (AvgIpc) is 2.91. The van der Waals surface area contributed by atoms with Gasteiger partial charge in [0.25, 0.3) is 5.56 Å². The number of ether oxygens (including phenoxy) is 1.